The largest absolute Gasteiger partial charge is 0.497 e. The van der Waals surface area contributed by atoms with Crippen molar-refractivity contribution >= 4 is 5.91 Å². The van der Waals surface area contributed by atoms with Crippen LogP contribution >= 0.6 is 0 Å². The maximum absolute atomic E-state index is 13.2. The van der Waals surface area contributed by atoms with Crippen LogP contribution < -0.4 is 4.74 Å². The van der Waals surface area contributed by atoms with Crippen molar-refractivity contribution in [3.63, 3.8) is 0 Å². The lowest BCUT2D eigenvalue weighted by molar-refractivity contribution is -0.135. The molecular formula is C22H27FN2O2. The number of hydrogen-bond acceptors (Lipinski definition) is 3. The van der Waals surface area contributed by atoms with Crippen molar-refractivity contribution in [1.82, 2.24) is 9.80 Å². The van der Waals surface area contributed by atoms with Gasteiger partial charge in [-0.05, 0) is 48.9 Å². The lowest BCUT2D eigenvalue weighted by Crippen LogP contribution is -2.50. The molecule has 0 N–H and O–H groups in total. The van der Waals surface area contributed by atoms with E-state index in [1.807, 2.05) is 30.0 Å². The Balaban J connectivity index is 1.79. The van der Waals surface area contributed by atoms with Gasteiger partial charge in [0.15, 0.2) is 0 Å². The molecule has 1 saturated heterocycles. The quantitative estimate of drug-likeness (QED) is 0.802. The fraction of sp³-hybridized carbons (Fsp3) is 0.409. The summed E-state index contributed by atoms with van der Waals surface area (Å²) in [6.07, 6.45) is 0.695. The second kappa shape index (κ2) is 8.53. The van der Waals surface area contributed by atoms with E-state index in [4.69, 9.17) is 4.74 Å². The average Bonchev–Trinajstić information content (AvgIpc) is 2.70. The molecule has 2 atom stereocenters. The number of benzene rings is 2. The molecule has 2 unspecified atom stereocenters. The summed E-state index contributed by atoms with van der Waals surface area (Å²) >= 11 is 0. The van der Waals surface area contributed by atoms with Gasteiger partial charge >= 0.3 is 0 Å². The van der Waals surface area contributed by atoms with E-state index in [0.29, 0.717) is 19.5 Å². The zero-order valence-corrected chi connectivity index (χ0v) is 16.2. The number of halogens is 1. The van der Waals surface area contributed by atoms with Crippen LogP contribution in [0.3, 0.4) is 0 Å². The minimum absolute atomic E-state index is 0.116. The number of nitrogens with zero attached hydrogens (tertiary/aromatic N) is 2. The van der Waals surface area contributed by atoms with Crippen molar-refractivity contribution < 1.29 is 13.9 Å². The van der Waals surface area contributed by atoms with Crippen molar-refractivity contribution in [1.29, 1.82) is 0 Å². The third kappa shape index (κ3) is 4.30. The number of methoxy groups -OCH3 is 1. The molecule has 1 aliphatic rings. The molecule has 1 amide bonds. The van der Waals surface area contributed by atoms with Gasteiger partial charge in [-0.1, -0.05) is 31.2 Å². The molecule has 0 saturated carbocycles. The summed E-state index contributed by atoms with van der Waals surface area (Å²) in [6.45, 7) is 4.16. The molecule has 5 heteroatoms. The van der Waals surface area contributed by atoms with Crippen LogP contribution in [0.5, 0.6) is 5.75 Å². The highest BCUT2D eigenvalue weighted by atomic mass is 19.1. The van der Waals surface area contributed by atoms with E-state index >= 15 is 0 Å². The van der Waals surface area contributed by atoms with Gasteiger partial charge in [-0.15, -0.1) is 0 Å². The standard InChI is InChI=1S/C22H27FN2O2/c1-4-20(16-8-10-18(23)11-9-16)22(26)25-13-12-24(2)21(15-25)17-6-5-7-19(14-17)27-3/h5-11,14,20-21H,4,12-13,15H2,1-3H3. The zero-order valence-electron chi connectivity index (χ0n) is 16.2. The summed E-state index contributed by atoms with van der Waals surface area (Å²) in [5, 5.41) is 0. The van der Waals surface area contributed by atoms with E-state index in [9.17, 15) is 9.18 Å². The number of amides is 1. The normalized spacial score (nSPS) is 19.0. The van der Waals surface area contributed by atoms with Gasteiger partial charge in [0, 0.05) is 19.6 Å². The molecule has 27 heavy (non-hydrogen) atoms. The fourth-order valence-electron chi connectivity index (χ4n) is 3.75. The van der Waals surface area contributed by atoms with E-state index in [1.54, 1.807) is 19.2 Å². The Labute approximate surface area is 160 Å². The van der Waals surface area contributed by atoms with E-state index in [2.05, 4.69) is 18.0 Å². The molecule has 144 valence electrons. The highest BCUT2D eigenvalue weighted by Crippen LogP contribution is 2.29. The van der Waals surface area contributed by atoms with Crippen LogP contribution in [-0.2, 0) is 4.79 Å². The Hall–Kier alpha value is -2.40. The van der Waals surface area contributed by atoms with Crippen LogP contribution in [-0.4, -0.2) is 49.5 Å². The predicted octanol–water partition coefficient (Wildman–Crippen LogP) is 3.84. The SMILES string of the molecule is CCC(C(=O)N1CCN(C)C(c2cccc(OC)c2)C1)c1ccc(F)cc1. The summed E-state index contributed by atoms with van der Waals surface area (Å²) in [4.78, 5) is 17.4. The Morgan fingerprint density at radius 2 is 1.96 bits per heavy atom. The topological polar surface area (TPSA) is 32.8 Å². The van der Waals surface area contributed by atoms with Gasteiger partial charge in [-0.3, -0.25) is 9.69 Å². The van der Waals surface area contributed by atoms with E-state index in [-0.39, 0.29) is 23.7 Å². The predicted molar refractivity (Wildman–Crippen MR) is 104 cm³/mol. The van der Waals surface area contributed by atoms with Crippen LogP contribution in [0.15, 0.2) is 48.5 Å². The molecule has 3 rings (SSSR count). The Morgan fingerprint density at radius 1 is 1.22 bits per heavy atom. The number of carbonyl (C=O) groups excluding carboxylic acids is 1. The Kier molecular flexibility index (Phi) is 6.11. The van der Waals surface area contributed by atoms with Crippen LogP contribution in [0.25, 0.3) is 0 Å². The van der Waals surface area contributed by atoms with Crippen molar-refractivity contribution in [2.45, 2.75) is 25.3 Å². The third-order valence-corrected chi connectivity index (χ3v) is 5.42. The minimum Gasteiger partial charge on any atom is -0.497 e. The summed E-state index contributed by atoms with van der Waals surface area (Å²) in [5.41, 5.74) is 2.02. The van der Waals surface area contributed by atoms with Gasteiger partial charge in [0.1, 0.15) is 11.6 Å². The number of carbonyl (C=O) groups is 1. The maximum atomic E-state index is 13.2. The monoisotopic (exact) mass is 370 g/mol. The van der Waals surface area contributed by atoms with Gasteiger partial charge in [0.2, 0.25) is 5.91 Å². The van der Waals surface area contributed by atoms with Crippen LogP contribution in [0.4, 0.5) is 4.39 Å². The summed E-state index contributed by atoms with van der Waals surface area (Å²) in [7, 11) is 3.75. The first-order valence-electron chi connectivity index (χ1n) is 9.42. The number of ether oxygens (including phenoxy) is 1. The van der Waals surface area contributed by atoms with Gasteiger partial charge in [-0.25, -0.2) is 4.39 Å². The fourth-order valence-corrected chi connectivity index (χ4v) is 3.75. The number of hydrogen-bond donors (Lipinski definition) is 0. The molecule has 0 aliphatic carbocycles. The summed E-state index contributed by atoms with van der Waals surface area (Å²) < 4.78 is 18.6. The second-order valence-corrected chi connectivity index (χ2v) is 7.07. The number of piperazine rings is 1. The van der Waals surface area contributed by atoms with Crippen LogP contribution in [0.2, 0.25) is 0 Å². The van der Waals surface area contributed by atoms with Crippen molar-refractivity contribution in [2.24, 2.45) is 0 Å². The zero-order chi connectivity index (χ0) is 19.4. The Morgan fingerprint density at radius 3 is 2.63 bits per heavy atom. The molecule has 1 fully saturated rings. The van der Waals surface area contributed by atoms with E-state index < -0.39 is 0 Å². The molecule has 0 spiro atoms. The first-order chi connectivity index (χ1) is 13.0. The third-order valence-electron chi connectivity index (χ3n) is 5.42. The maximum Gasteiger partial charge on any atom is 0.230 e. The first kappa shape index (κ1) is 19.4. The highest BCUT2D eigenvalue weighted by Gasteiger charge is 2.32. The first-order valence-corrected chi connectivity index (χ1v) is 9.42. The van der Waals surface area contributed by atoms with Crippen LogP contribution in [0.1, 0.15) is 36.4 Å². The average molecular weight is 370 g/mol. The highest BCUT2D eigenvalue weighted by molar-refractivity contribution is 5.84. The molecular weight excluding hydrogens is 343 g/mol. The van der Waals surface area contributed by atoms with Gasteiger partial charge < -0.3 is 9.64 Å². The minimum atomic E-state index is -0.279. The lowest BCUT2D eigenvalue weighted by Gasteiger charge is -2.41. The van der Waals surface area contributed by atoms with Crippen molar-refractivity contribution in [3.8, 4) is 5.75 Å². The van der Waals surface area contributed by atoms with Crippen molar-refractivity contribution in [3.05, 3.63) is 65.5 Å². The molecule has 0 radical (unpaired) electrons. The Bertz CT molecular complexity index is 778. The summed E-state index contributed by atoms with van der Waals surface area (Å²) in [5.74, 6) is 0.422. The van der Waals surface area contributed by atoms with Gasteiger partial charge in [-0.2, -0.15) is 0 Å². The van der Waals surface area contributed by atoms with Crippen LogP contribution in [0, 0.1) is 5.82 Å². The molecule has 0 aromatic heterocycles. The lowest BCUT2D eigenvalue weighted by atomic mass is 9.93. The number of likely N-dealkylation sites (N-methyl/N-ethyl adjacent to an activating group) is 1. The molecule has 1 aliphatic heterocycles. The second-order valence-electron chi connectivity index (χ2n) is 7.07. The summed E-state index contributed by atoms with van der Waals surface area (Å²) in [6, 6.07) is 14.4. The van der Waals surface area contributed by atoms with E-state index in [1.165, 1.54) is 12.1 Å². The molecule has 2 aromatic rings. The smallest absolute Gasteiger partial charge is 0.230 e. The molecule has 1 heterocycles. The number of rotatable bonds is 5. The van der Waals surface area contributed by atoms with E-state index in [0.717, 1.165) is 23.4 Å². The van der Waals surface area contributed by atoms with Gasteiger partial charge in [0.05, 0.1) is 19.1 Å². The molecule has 0 bridgehead atoms. The molecule has 2 aromatic carbocycles. The van der Waals surface area contributed by atoms with Gasteiger partial charge in [0.25, 0.3) is 0 Å². The van der Waals surface area contributed by atoms with Crippen molar-refractivity contribution in [2.75, 3.05) is 33.8 Å². The molecule has 4 nitrogen and oxygen atoms in total.